The van der Waals surface area contributed by atoms with E-state index >= 15 is 0 Å². The average molecular weight is 326 g/mol. The van der Waals surface area contributed by atoms with Gasteiger partial charge in [-0.05, 0) is 37.5 Å². The normalized spacial score (nSPS) is 23.1. The second kappa shape index (κ2) is 6.53. The van der Waals surface area contributed by atoms with Crippen molar-refractivity contribution in [1.29, 1.82) is 0 Å². The number of aliphatic hydroxyl groups excluding tert-OH is 1. The molecule has 0 bridgehead atoms. The van der Waals surface area contributed by atoms with Crippen molar-refractivity contribution in [3.8, 4) is 0 Å². The summed E-state index contributed by atoms with van der Waals surface area (Å²) in [6, 6.07) is 5.75. The van der Waals surface area contributed by atoms with Crippen LogP contribution in [0.3, 0.4) is 0 Å². The Morgan fingerprint density at radius 3 is 2.89 bits per heavy atom. The molecule has 19 heavy (non-hydrogen) atoms. The van der Waals surface area contributed by atoms with E-state index in [0.717, 1.165) is 35.7 Å². The molecule has 1 amide bonds. The van der Waals surface area contributed by atoms with E-state index in [4.69, 9.17) is 0 Å². The Labute approximate surface area is 122 Å². The van der Waals surface area contributed by atoms with Gasteiger partial charge in [-0.25, -0.2) is 0 Å². The Morgan fingerprint density at radius 2 is 2.16 bits per heavy atom. The number of aliphatic hydroxyl groups is 1. The molecule has 3 nitrogen and oxygen atoms in total. The van der Waals surface area contributed by atoms with Gasteiger partial charge in [-0.15, -0.1) is 0 Å². The molecule has 2 N–H and O–H groups in total. The Kier molecular flexibility index (Phi) is 4.99. The fraction of sp³-hybridized carbons (Fsp3) is 0.533. The first-order valence-corrected chi connectivity index (χ1v) is 7.59. The summed E-state index contributed by atoms with van der Waals surface area (Å²) in [5.41, 5.74) is 1.66. The van der Waals surface area contributed by atoms with E-state index in [0.29, 0.717) is 5.56 Å². The maximum atomic E-state index is 12.3. The van der Waals surface area contributed by atoms with E-state index in [2.05, 4.69) is 21.2 Å². The summed E-state index contributed by atoms with van der Waals surface area (Å²) < 4.78 is 0.947. The third-order valence-electron chi connectivity index (χ3n) is 3.97. The summed E-state index contributed by atoms with van der Waals surface area (Å²) in [5.74, 6) is 0.161. The highest BCUT2D eigenvalue weighted by Gasteiger charge is 2.26. The van der Waals surface area contributed by atoms with Crippen molar-refractivity contribution in [3.63, 3.8) is 0 Å². The molecule has 1 aliphatic carbocycles. The SMILES string of the molecule is Cc1c(Br)cccc1C(=O)NC1CCCCC1CO. The molecule has 2 rings (SSSR count). The number of hydrogen-bond acceptors (Lipinski definition) is 2. The average Bonchev–Trinajstić information content (AvgIpc) is 2.42. The Hall–Kier alpha value is -0.870. The van der Waals surface area contributed by atoms with Crippen LogP contribution in [0.4, 0.5) is 0 Å². The van der Waals surface area contributed by atoms with Gasteiger partial charge in [0, 0.05) is 28.6 Å². The summed E-state index contributed by atoms with van der Waals surface area (Å²) in [6.07, 6.45) is 4.23. The predicted octanol–water partition coefficient (Wildman–Crippen LogP) is 3.04. The Morgan fingerprint density at radius 1 is 1.42 bits per heavy atom. The van der Waals surface area contributed by atoms with Gasteiger partial charge in [0.05, 0.1) is 0 Å². The Bertz CT molecular complexity index is 461. The van der Waals surface area contributed by atoms with Crippen LogP contribution in [0, 0.1) is 12.8 Å². The molecular formula is C15H20BrNO2. The molecule has 0 spiro atoms. The van der Waals surface area contributed by atoms with Crippen LogP contribution >= 0.6 is 15.9 Å². The van der Waals surface area contributed by atoms with Crippen LogP contribution in [0.2, 0.25) is 0 Å². The lowest BCUT2D eigenvalue weighted by Crippen LogP contribution is -2.43. The van der Waals surface area contributed by atoms with Crippen molar-refractivity contribution < 1.29 is 9.90 Å². The summed E-state index contributed by atoms with van der Waals surface area (Å²) in [5, 5.41) is 12.5. The molecule has 104 valence electrons. The third-order valence-corrected chi connectivity index (χ3v) is 4.83. The predicted molar refractivity (Wildman–Crippen MR) is 79.2 cm³/mol. The molecule has 1 fully saturated rings. The minimum atomic E-state index is -0.0378. The van der Waals surface area contributed by atoms with E-state index < -0.39 is 0 Å². The molecular weight excluding hydrogens is 306 g/mol. The lowest BCUT2D eigenvalue weighted by molar-refractivity contribution is 0.0872. The highest BCUT2D eigenvalue weighted by molar-refractivity contribution is 9.10. The van der Waals surface area contributed by atoms with Crippen LogP contribution < -0.4 is 5.32 Å². The monoisotopic (exact) mass is 325 g/mol. The molecule has 1 aliphatic rings. The molecule has 1 aromatic rings. The second-order valence-electron chi connectivity index (χ2n) is 5.22. The molecule has 0 saturated heterocycles. The number of halogens is 1. The first kappa shape index (κ1) is 14.5. The number of carbonyl (C=O) groups excluding carboxylic acids is 1. The maximum absolute atomic E-state index is 12.3. The van der Waals surface area contributed by atoms with Gasteiger partial charge in [-0.3, -0.25) is 4.79 Å². The van der Waals surface area contributed by atoms with E-state index in [1.54, 1.807) is 0 Å². The van der Waals surface area contributed by atoms with Crippen LogP contribution in [0.5, 0.6) is 0 Å². The van der Waals surface area contributed by atoms with Crippen LogP contribution in [-0.2, 0) is 0 Å². The topological polar surface area (TPSA) is 49.3 Å². The summed E-state index contributed by atoms with van der Waals surface area (Å²) in [6.45, 7) is 2.09. The molecule has 1 saturated carbocycles. The van der Waals surface area contributed by atoms with Crippen LogP contribution in [0.15, 0.2) is 22.7 Å². The molecule has 0 aliphatic heterocycles. The van der Waals surface area contributed by atoms with Gasteiger partial charge in [0.1, 0.15) is 0 Å². The van der Waals surface area contributed by atoms with E-state index in [-0.39, 0.29) is 24.5 Å². The van der Waals surface area contributed by atoms with Crippen LogP contribution in [-0.4, -0.2) is 23.7 Å². The molecule has 2 unspecified atom stereocenters. The van der Waals surface area contributed by atoms with Gasteiger partial charge in [0.25, 0.3) is 5.91 Å². The van der Waals surface area contributed by atoms with E-state index in [1.807, 2.05) is 25.1 Å². The standard InChI is InChI=1S/C15H20BrNO2/c1-10-12(6-4-7-13(10)16)15(19)17-14-8-3-2-5-11(14)9-18/h4,6-7,11,14,18H,2-3,5,8-9H2,1H3,(H,17,19). The number of carbonyl (C=O) groups is 1. The van der Waals surface area contributed by atoms with E-state index in [9.17, 15) is 9.90 Å². The zero-order valence-electron chi connectivity index (χ0n) is 11.2. The third kappa shape index (κ3) is 3.37. The summed E-state index contributed by atoms with van der Waals surface area (Å²) in [4.78, 5) is 12.3. The Balaban J connectivity index is 2.09. The number of rotatable bonds is 3. The van der Waals surface area contributed by atoms with Crippen molar-refractivity contribution in [2.45, 2.75) is 38.6 Å². The fourth-order valence-electron chi connectivity index (χ4n) is 2.72. The lowest BCUT2D eigenvalue weighted by Gasteiger charge is -2.31. The van der Waals surface area contributed by atoms with Gasteiger partial charge >= 0.3 is 0 Å². The molecule has 0 heterocycles. The maximum Gasteiger partial charge on any atom is 0.251 e. The van der Waals surface area contributed by atoms with Crippen molar-refractivity contribution in [3.05, 3.63) is 33.8 Å². The zero-order chi connectivity index (χ0) is 13.8. The molecule has 0 radical (unpaired) electrons. The number of hydrogen-bond donors (Lipinski definition) is 2. The minimum Gasteiger partial charge on any atom is -0.396 e. The van der Waals surface area contributed by atoms with Crippen molar-refractivity contribution >= 4 is 21.8 Å². The van der Waals surface area contributed by atoms with Crippen molar-refractivity contribution in [1.82, 2.24) is 5.32 Å². The van der Waals surface area contributed by atoms with Crippen molar-refractivity contribution in [2.75, 3.05) is 6.61 Å². The first-order chi connectivity index (χ1) is 9.13. The number of amides is 1. The molecule has 0 aromatic heterocycles. The molecule has 4 heteroatoms. The fourth-order valence-corrected chi connectivity index (χ4v) is 3.08. The van der Waals surface area contributed by atoms with Gasteiger partial charge in [0.15, 0.2) is 0 Å². The molecule has 2 atom stereocenters. The molecule has 1 aromatic carbocycles. The van der Waals surface area contributed by atoms with Gasteiger partial charge in [-0.2, -0.15) is 0 Å². The largest absolute Gasteiger partial charge is 0.396 e. The minimum absolute atomic E-state index is 0.0378. The van der Waals surface area contributed by atoms with Gasteiger partial charge in [-0.1, -0.05) is 34.8 Å². The van der Waals surface area contributed by atoms with Crippen LogP contribution in [0.1, 0.15) is 41.6 Å². The first-order valence-electron chi connectivity index (χ1n) is 6.80. The quantitative estimate of drug-likeness (QED) is 0.897. The lowest BCUT2D eigenvalue weighted by atomic mass is 9.85. The summed E-state index contributed by atoms with van der Waals surface area (Å²) in [7, 11) is 0. The van der Waals surface area contributed by atoms with Crippen molar-refractivity contribution in [2.24, 2.45) is 5.92 Å². The highest BCUT2D eigenvalue weighted by Crippen LogP contribution is 2.25. The summed E-state index contributed by atoms with van der Waals surface area (Å²) >= 11 is 3.45. The zero-order valence-corrected chi connectivity index (χ0v) is 12.7. The smallest absolute Gasteiger partial charge is 0.251 e. The van der Waals surface area contributed by atoms with Gasteiger partial charge < -0.3 is 10.4 Å². The number of benzene rings is 1. The highest BCUT2D eigenvalue weighted by atomic mass is 79.9. The number of nitrogens with one attached hydrogen (secondary N) is 1. The van der Waals surface area contributed by atoms with Crippen LogP contribution in [0.25, 0.3) is 0 Å². The van der Waals surface area contributed by atoms with E-state index in [1.165, 1.54) is 0 Å². The van der Waals surface area contributed by atoms with Gasteiger partial charge in [0.2, 0.25) is 0 Å². The second-order valence-corrected chi connectivity index (χ2v) is 6.07.